The van der Waals surface area contributed by atoms with Crippen LogP contribution in [0.4, 0.5) is 0 Å². The Balaban J connectivity index is 2.35. The minimum Gasteiger partial charge on any atom is -0.307 e. The number of sulfonamides is 1. The van der Waals surface area contributed by atoms with E-state index in [0.717, 1.165) is 0 Å². The molecule has 1 heterocycles. The van der Waals surface area contributed by atoms with E-state index in [0.29, 0.717) is 19.1 Å². The predicted molar refractivity (Wildman–Crippen MR) is 53.1 cm³/mol. The molecule has 0 aromatic heterocycles. The summed E-state index contributed by atoms with van der Waals surface area (Å²) in [4.78, 5) is 0. The predicted octanol–water partition coefficient (Wildman–Crippen LogP) is 0.0183. The van der Waals surface area contributed by atoms with Crippen molar-refractivity contribution in [1.82, 2.24) is 9.62 Å². The molecular formula is C8H18N2O2S. The van der Waals surface area contributed by atoms with Crippen molar-refractivity contribution in [3.8, 4) is 0 Å². The van der Waals surface area contributed by atoms with Gasteiger partial charge in [-0.1, -0.05) is 0 Å². The standard InChI is InChI=1S/C8H18N2O2S/c1-8(2,3)9-7-5-10(6-7)13(4,11)12/h7,9H,5-6H2,1-4H3. The van der Waals surface area contributed by atoms with Crippen LogP contribution in [0.15, 0.2) is 0 Å². The highest BCUT2D eigenvalue weighted by Crippen LogP contribution is 2.14. The molecule has 0 saturated carbocycles. The smallest absolute Gasteiger partial charge is 0.211 e. The minimum atomic E-state index is -2.96. The summed E-state index contributed by atoms with van der Waals surface area (Å²) in [5.41, 5.74) is 0.0637. The lowest BCUT2D eigenvalue weighted by atomic mass is 10.0. The Kier molecular flexibility index (Phi) is 2.71. The van der Waals surface area contributed by atoms with E-state index in [9.17, 15) is 8.42 Å². The average molecular weight is 206 g/mol. The molecule has 0 bridgehead atoms. The summed E-state index contributed by atoms with van der Waals surface area (Å²) in [5, 5.41) is 3.35. The summed E-state index contributed by atoms with van der Waals surface area (Å²) >= 11 is 0. The number of nitrogens with zero attached hydrogens (tertiary/aromatic N) is 1. The third kappa shape index (κ3) is 3.25. The molecule has 1 aliphatic rings. The second-order valence-corrected chi connectivity index (χ2v) is 6.65. The molecule has 1 saturated heterocycles. The van der Waals surface area contributed by atoms with Crippen LogP contribution in [0, 0.1) is 0 Å². The number of rotatable bonds is 2. The maximum atomic E-state index is 11.0. The molecule has 0 amide bonds. The molecule has 0 radical (unpaired) electrons. The summed E-state index contributed by atoms with van der Waals surface area (Å²) in [5.74, 6) is 0. The van der Waals surface area contributed by atoms with Gasteiger partial charge in [-0.05, 0) is 20.8 Å². The highest BCUT2D eigenvalue weighted by molar-refractivity contribution is 7.88. The lowest BCUT2D eigenvalue weighted by Gasteiger charge is -2.41. The largest absolute Gasteiger partial charge is 0.307 e. The SMILES string of the molecule is CC(C)(C)NC1CN(S(C)(=O)=O)C1. The zero-order valence-corrected chi connectivity index (χ0v) is 9.48. The molecule has 13 heavy (non-hydrogen) atoms. The van der Waals surface area contributed by atoms with Crippen LogP contribution in [0.5, 0.6) is 0 Å². The number of nitrogens with one attached hydrogen (secondary N) is 1. The van der Waals surface area contributed by atoms with Gasteiger partial charge in [0.2, 0.25) is 10.0 Å². The Morgan fingerprint density at radius 1 is 1.31 bits per heavy atom. The van der Waals surface area contributed by atoms with Crippen molar-refractivity contribution < 1.29 is 8.42 Å². The van der Waals surface area contributed by atoms with Crippen LogP contribution in [0.2, 0.25) is 0 Å². The summed E-state index contributed by atoms with van der Waals surface area (Å²) in [6, 6.07) is 0.315. The van der Waals surface area contributed by atoms with Crippen LogP contribution in [0.3, 0.4) is 0 Å². The van der Waals surface area contributed by atoms with E-state index in [1.807, 2.05) is 0 Å². The fourth-order valence-corrected chi connectivity index (χ4v) is 2.31. The quantitative estimate of drug-likeness (QED) is 0.693. The zero-order valence-electron chi connectivity index (χ0n) is 8.66. The molecule has 5 heteroatoms. The Hall–Kier alpha value is -0.130. The lowest BCUT2D eigenvalue weighted by molar-refractivity contribution is 0.192. The first kappa shape index (κ1) is 10.9. The summed E-state index contributed by atoms with van der Waals surface area (Å²) in [6.45, 7) is 7.45. The van der Waals surface area contributed by atoms with Crippen molar-refractivity contribution in [2.75, 3.05) is 19.3 Å². The number of hydrogen-bond acceptors (Lipinski definition) is 3. The van der Waals surface area contributed by atoms with Gasteiger partial charge in [0.05, 0.1) is 6.26 Å². The van der Waals surface area contributed by atoms with Crippen molar-refractivity contribution in [2.24, 2.45) is 0 Å². The Bertz CT molecular complexity index is 273. The van der Waals surface area contributed by atoms with Gasteiger partial charge in [-0.3, -0.25) is 0 Å². The molecule has 0 unspecified atom stereocenters. The molecule has 0 atom stereocenters. The first-order chi connectivity index (χ1) is 5.68. The molecule has 78 valence electrons. The third-order valence-electron chi connectivity index (χ3n) is 1.95. The van der Waals surface area contributed by atoms with Gasteiger partial charge < -0.3 is 5.32 Å². The Labute approximate surface area is 80.4 Å². The van der Waals surface area contributed by atoms with E-state index in [1.54, 1.807) is 0 Å². The van der Waals surface area contributed by atoms with Gasteiger partial charge in [0.15, 0.2) is 0 Å². The maximum absolute atomic E-state index is 11.0. The van der Waals surface area contributed by atoms with Crippen molar-refractivity contribution in [3.05, 3.63) is 0 Å². The third-order valence-corrected chi connectivity index (χ3v) is 3.19. The van der Waals surface area contributed by atoms with E-state index in [2.05, 4.69) is 26.1 Å². The molecule has 0 spiro atoms. The van der Waals surface area contributed by atoms with Crippen LogP contribution in [0.1, 0.15) is 20.8 Å². The topological polar surface area (TPSA) is 49.4 Å². The van der Waals surface area contributed by atoms with Crippen LogP contribution in [-0.2, 0) is 10.0 Å². The van der Waals surface area contributed by atoms with Gasteiger partial charge in [0.1, 0.15) is 0 Å². The molecule has 0 aliphatic carbocycles. The van der Waals surface area contributed by atoms with Crippen LogP contribution >= 0.6 is 0 Å². The van der Waals surface area contributed by atoms with E-state index in [1.165, 1.54) is 10.6 Å². The fraction of sp³-hybridized carbons (Fsp3) is 1.00. The first-order valence-corrected chi connectivity index (χ1v) is 6.26. The molecule has 0 aromatic carbocycles. The van der Waals surface area contributed by atoms with Crippen LogP contribution in [-0.4, -0.2) is 43.6 Å². The molecule has 0 aromatic rings. The van der Waals surface area contributed by atoms with Gasteiger partial charge in [-0.25, -0.2) is 8.42 Å². The number of hydrogen-bond donors (Lipinski definition) is 1. The van der Waals surface area contributed by atoms with Crippen LogP contribution in [0.25, 0.3) is 0 Å². The fourth-order valence-electron chi connectivity index (χ4n) is 1.41. The summed E-state index contributed by atoms with van der Waals surface area (Å²) < 4.78 is 23.5. The van der Waals surface area contributed by atoms with E-state index in [4.69, 9.17) is 0 Å². The van der Waals surface area contributed by atoms with Gasteiger partial charge >= 0.3 is 0 Å². The van der Waals surface area contributed by atoms with Crippen molar-refractivity contribution >= 4 is 10.0 Å². The highest BCUT2D eigenvalue weighted by Gasteiger charge is 2.34. The highest BCUT2D eigenvalue weighted by atomic mass is 32.2. The Morgan fingerprint density at radius 3 is 2.08 bits per heavy atom. The molecule has 4 nitrogen and oxygen atoms in total. The van der Waals surface area contributed by atoms with E-state index < -0.39 is 10.0 Å². The Morgan fingerprint density at radius 2 is 1.77 bits per heavy atom. The van der Waals surface area contributed by atoms with Gasteiger partial charge in [-0.15, -0.1) is 0 Å². The van der Waals surface area contributed by atoms with Gasteiger partial charge in [0.25, 0.3) is 0 Å². The van der Waals surface area contributed by atoms with Crippen molar-refractivity contribution in [3.63, 3.8) is 0 Å². The summed E-state index contributed by atoms with van der Waals surface area (Å²) in [7, 11) is -2.96. The average Bonchev–Trinajstić information content (AvgIpc) is 1.71. The zero-order chi connectivity index (χ0) is 10.3. The lowest BCUT2D eigenvalue weighted by Crippen LogP contribution is -2.63. The van der Waals surface area contributed by atoms with Crippen molar-refractivity contribution in [2.45, 2.75) is 32.4 Å². The van der Waals surface area contributed by atoms with E-state index >= 15 is 0 Å². The molecule has 1 aliphatic heterocycles. The molecular weight excluding hydrogens is 188 g/mol. The minimum absolute atomic E-state index is 0.0637. The normalized spacial score (nSPS) is 21.5. The first-order valence-electron chi connectivity index (χ1n) is 4.41. The van der Waals surface area contributed by atoms with Gasteiger partial charge in [0, 0.05) is 24.7 Å². The van der Waals surface area contributed by atoms with Crippen LogP contribution < -0.4 is 5.32 Å². The van der Waals surface area contributed by atoms with Gasteiger partial charge in [-0.2, -0.15) is 4.31 Å². The van der Waals surface area contributed by atoms with E-state index in [-0.39, 0.29) is 5.54 Å². The molecule has 1 N–H and O–H groups in total. The maximum Gasteiger partial charge on any atom is 0.211 e. The monoisotopic (exact) mass is 206 g/mol. The molecule has 1 fully saturated rings. The second kappa shape index (κ2) is 3.22. The van der Waals surface area contributed by atoms with Crippen molar-refractivity contribution in [1.29, 1.82) is 0 Å². The molecule has 1 rings (SSSR count). The summed E-state index contributed by atoms with van der Waals surface area (Å²) in [6.07, 6.45) is 1.25. The second-order valence-electron chi connectivity index (χ2n) is 4.67.